The van der Waals surface area contributed by atoms with Gasteiger partial charge in [0, 0.05) is 12.6 Å². The van der Waals surface area contributed by atoms with Crippen molar-refractivity contribution in [2.24, 2.45) is 5.92 Å². The van der Waals surface area contributed by atoms with E-state index >= 15 is 0 Å². The largest absolute Gasteiger partial charge is 0.468 e. The average molecular weight is 243 g/mol. The van der Waals surface area contributed by atoms with Crippen molar-refractivity contribution < 1.29 is 14.6 Å². The van der Waals surface area contributed by atoms with Gasteiger partial charge in [0.2, 0.25) is 0 Å². The van der Waals surface area contributed by atoms with Gasteiger partial charge in [-0.05, 0) is 25.2 Å². The van der Waals surface area contributed by atoms with Gasteiger partial charge in [0.1, 0.15) is 6.04 Å². The first-order valence-corrected chi connectivity index (χ1v) is 6.67. The summed E-state index contributed by atoms with van der Waals surface area (Å²) in [5, 5.41) is 12.6. The number of carbonyl (C=O) groups is 1. The molecule has 0 aromatic carbocycles. The number of aliphatic hydroxyl groups excluding tert-OH is 1. The van der Waals surface area contributed by atoms with Gasteiger partial charge in [0.05, 0.1) is 7.11 Å². The molecule has 3 atom stereocenters. The summed E-state index contributed by atoms with van der Waals surface area (Å²) < 4.78 is 4.82. The molecule has 17 heavy (non-hydrogen) atoms. The van der Waals surface area contributed by atoms with Crippen molar-refractivity contribution >= 4 is 5.97 Å². The Balaban J connectivity index is 2.49. The molecule has 0 aliphatic heterocycles. The average Bonchev–Trinajstić information content (AvgIpc) is 2.80. The minimum atomic E-state index is -0.211. The third kappa shape index (κ3) is 4.28. The highest BCUT2D eigenvalue weighted by atomic mass is 16.5. The Morgan fingerprint density at radius 3 is 2.88 bits per heavy atom. The monoisotopic (exact) mass is 243 g/mol. The number of rotatable bonds is 7. The Morgan fingerprint density at radius 2 is 2.29 bits per heavy atom. The van der Waals surface area contributed by atoms with Gasteiger partial charge in [-0.1, -0.05) is 26.2 Å². The molecule has 100 valence electrons. The van der Waals surface area contributed by atoms with Gasteiger partial charge in [0.25, 0.3) is 0 Å². The molecule has 2 N–H and O–H groups in total. The highest BCUT2D eigenvalue weighted by Gasteiger charge is 2.30. The zero-order chi connectivity index (χ0) is 12.7. The quantitative estimate of drug-likeness (QED) is 0.665. The van der Waals surface area contributed by atoms with Gasteiger partial charge >= 0.3 is 5.97 Å². The van der Waals surface area contributed by atoms with E-state index < -0.39 is 0 Å². The van der Waals surface area contributed by atoms with Crippen LogP contribution in [0.1, 0.15) is 45.4 Å². The van der Waals surface area contributed by atoms with Crippen LogP contribution in [0.3, 0.4) is 0 Å². The van der Waals surface area contributed by atoms with E-state index in [1.54, 1.807) is 0 Å². The fourth-order valence-corrected chi connectivity index (χ4v) is 2.55. The predicted octanol–water partition coefficient (Wildman–Crippen LogP) is 1.47. The van der Waals surface area contributed by atoms with Crippen molar-refractivity contribution in [2.45, 2.75) is 57.5 Å². The van der Waals surface area contributed by atoms with Gasteiger partial charge in [-0.25, -0.2) is 0 Å². The first-order valence-electron chi connectivity index (χ1n) is 6.67. The summed E-state index contributed by atoms with van der Waals surface area (Å²) in [7, 11) is 1.43. The zero-order valence-corrected chi connectivity index (χ0v) is 10.9. The second-order valence-electron chi connectivity index (χ2n) is 4.86. The number of unbranched alkanes of at least 4 members (excludes halogenated alkanes) is 1. The van der Waals surface area contributed by atoms with Crippen LogP contribution >= 0.6 is 0 Å². The Labute approximate surface area is 104 Å². The smallest absolute Gasteiger partial charge is 0.322 e. The Bertz CT molecular complexity index is 233. The second kappa shape index (κ2) is 7.67. The number of carbonyl (C=O) groups excluding carboxylic acids is 1. The number of hydrogen-bond acceptors (Lipinski definition) is 4. The van der Waals surface area contributed by atoms with Gasteiger partial charge in [-0.3, -0.25) is 4.79 Å². The molecule has 1 fully saturated rings. The third-order valence-electron chi connectivity index (χ3n) is 3.64. The maximum Gasteiger partial charge on any atom is 0.322 e. The maximum atomic E-state index is 11.7. The summed E-state index contributed by atoms with van der Waals surface area (Å²) in [6.45, 7) is 2.32. The minimum absolute atomic E-state index is 0.179. The van der Waals surface area contributed by atoms with Gasteiger partial charge in [0.15, 0.2) is 0 Å². The predicted molar refractivity (Wildman–Crippen MR) is 66.7 cm³/mol. The molecule has 0 saturated heterocycles. The summed E-state index contributed by atoms with van der Waals surface area (Å²) in [6, 6.07) is 0.0538. The number of esters is 1. The Hall–Kier alpha value is -0.610. The highest BCUT2D eigenvalue weighted by molar-refractivity contribution is 5.75. The molecule has 0 spiro atoms. The molecule has 0 aromatic rings. The van der Waals surface area contributed by atoms with Crippen molar-refractivity contribution in [3.63, 3.8) is 0 Å². The number of ether oxygens (including phenoxy) is 1. The van der Waals surface area contributed by atoms with Crippen molar-refractivity contribution in [1.29, 1.82) is 0 Å². The first kappa shape index (κ1) is 14.5. The molecular formula is C13H25NO3. The standard InChI is InChI=1S/C13H25NO3/c1-3-4-7-12(13(16)17-2)14-11-8-5-6-10(11)9-15/h10-12,14-15H,3-9H2,1-2H3. The molecule has 4 heteroatoms. The first-order chi connectivity index (χ1) is 8.22. The molecule has 0 heterocycles. The lowest BCUT2D eigenvalue weighted by Gasteiger charge is -2.24. The van der Waals surface area contributed by atoms with Crippen LogP contribution in [-0.2, 0) is 9.53 Å². The van der Waals surface area contributed by atoms with Gasteiger partial charge < -0.3 is 15.2 Å². The highest BCUT2D eigenvalue weighted by Crippen LogP contribution is 2.26. The zero-order valence-electron chi connectivity index (χ0n) is 10.9. The second-order valence-corrected chi connectivity index (χ2v) is 4.86. The summed E-state index contributed by atoms with van der Waals surface area (Å²) in [6.07, 6.45) is 6.13. The fraction of sp³-hybridized carbons (Fsp3) is 0.923. The molecule has 0 aromatic heterocycles. The number of methoxy groups -OCH3 is 1. The topological polar surface area (TPSA) is 58.6 Å². The van der Waals surface area contributed by atoms with Crippen LogP contribution in [0.5, 0.6) is 0 Å². The molecule has 1 saturated carbocycles. The van der Waals surface area contributed by atoms with Crippen molar-refractivity contribution in [3.8, 4) is 0 Å². The van der Waals surface area contributed by atoms with E-state index in [-0.39, 0.29) is 24.7 Å². The molecule has 4 nitrogen and oxygen atoms in total. The lowest BCUT2D eigenvalue weighted by molar-refractivity contribution is -0.143. The van der Waals surface area contributed by atoms with Crippen LogP contribution in [0.25, 0.3) is 0 Å². The maximum absolute atomic E-state index is 11.7. The lowest BCUT2D eigenvalue weighted by atomic mass is 10.0. The van der Waals surface area contributed by atoms with Crippen LogP contribution in [0, 0.1) is 5.92 Å². The summed E-state index contributed by atoms with van der Waals surface area (Å²) >= 11 is 0. The van der Waals surface area contributed by atoms with Crippen molar-refractivity contribution in [2.75, 3.05) is 13.7 Å². The van der Waals surface area contributed by atoms with E-state index in [4.69, 9.17) is 4.74 Å². The van der Waals surface area contributed by atoms with Gasteiger partial charge in [-0.15, -0.1) is 0 Å². The molecule has 1 rings (SSSR count). The normalized spacial score (nSPS) is 25.8. The van der Waals surface area contributed by atoms with Crippen LogP contribution < -0.4 is 5.32 Å². The van der Waals surface area contributed by atoms with Crippen LogP contribution in [-0.4, -0.2) is 36.9 Å². The number of hydrogen-bond donors (Lipinski definition) is 2. The molecule has 3 unspecified atom stereocenters. The molecule has 1 aliphatic carbocycles. The van der Waals surface area contributed by atoms with E-state index in [2.05, 4.69) is 12.2 Å². The van der Waals surface area contributed by atoms with E-state index in [0.29, 0.717) is 5.92 Å². The van der Waals surface area contributed by atoms with Crippen LogP contribution in [0.15, 0.2) is 0 Å². The third-order valence-corrected chi connectivity index (χ3v) is 3.64. The fourth-order valence-electron chi connectivity index (χ4n) is 2.55. The Morgan fingerprint density at radius 1 is 1.53 bits per heavy atom. The van der Waals surface area contributed by atoms with Crippen molar-refractivity contribution in [3.05, 3.63) is 0 Å². The van der Waals surface area contributed by atoms with Crippen LogP contribution in [0.4, 0.5) is 0 Å². The molecule has 0 amide bonds. The Kier molecular flexibility index (Phi) is 6.52. The lowest BCUT2D eigenvalue weighted by Crippen LogP contribution is -2.46. The van der Waals surface area contributed by atoms with E-state index in [9.17, 15) is 9.90 Å². The summed E-state index contributed by atoms with van der Waals surface area (Å²) in [5.74, 6) is 0.117. The SMILES string of the molecule is CCCCC(NC1CCCC1CO)C(=O)OC. The number of nitrogens with one attached hydrogen (secondary N) is 1. The summed E-state index contributed by atoms with van der Waals surface area (Å²) in [5.41, 5.74) is 0. The number of aliphatic hydroxyl groups is 1. The minimum Gasteiger partial charge on any atom is -0.468 e. The molecular weight excluding hydrogens is 218 g/mol. The molecule has 0 bridgehead atoms. The molecule has 1 aliphatic rings. The summed E-state index contributed by atoms with van der Waals surface area (Å²) in [4.78, 5) is 11.7. The van der Waals surface area contributed by atoms with Crippen molar-refractivity contribution in [1.82, 2.24) is 5.32 Å². The van der Waals surface area contributed by atoms with E-state index in [1.807, 2.05) is 0 Å². The molecule has 0 radical (unpaired) electrons. The van der Waals surface area contributed by atoms with Crippen LogP contribution in [0.2, 0.25) is 0 Å². The van der Waals surface area contributed by atoms with Gasteiger partial charge in [-0.2, -0.15) is 0 Å². The van der Waals surface area contributed by atoms with E-state index in [0.717, 1.165) is 38.5 Å². The van der Waals surface area contributed by atoms with E-state index in [1.165, 1.54) is 7.11 Å².